The lowest BCUT2D eigenvalue weighted by molar-refractivity contribution is -0.138. The van der Waals surface area contributed by atoms with Gasteiger partial charge in [-0.1, -0.05) is 13.3 Å². The second kappa shape index (κ2) is 7.72. The molecule has 4 nitrogen and oxygen atoms in total. The highest BCUT2D eigenvalue weighted by atomic mass is 16.5. The molecule has 0 aromatic heterocycles. The van der Waals surface area contributed by atoms with E-state index in [0.29, 0.717) is 31.8 Å². The molecule has 0 atom stereocenters. The fraction of sp³-hybridized carbons (Fsp3) is 0.471. The monoisotopic (exact) mass is 290 g/mol. The molecule has 1 aromatic rings. The highest BCUT2D eigenvalue weighted by Gasteiger charge is 2.16. The first-order valence-electron chi connectivity index (χ1n) is 7.52. The van der Waals surface area contributed by atoms with Crippen molar-refractivity contribution in [2.45, 2.75) is 33.1 Å². The average molecular weight is 290 g/mol. The number of carbonyl (C=O) groups is 1. The standard InChI is InChI=1S/C17H22O4/c1-3-5-9-20-15-7-6-13-11-14(17(18)19-4-2)8-10-21-16(13)12-15/h6-7,11-12H,3-5,8-10H2,1-2H3. The molecule has 0 saturated heterocycles. The predicted octanol–water partition coefficient (Wildman–Crippen LogP) is 3.59. The maximum Gasteiger partial charge on any atom is 0.334 e. The van der Waals surface area contributed by atoms with Crippen molar-refractivity contribution in [1.29, 1.82) is 0 Å². The van der Waals surface area contributed by atoms with Crippen LogP contribution in [0.25, 0.3) is 6.08 Å². The largest absolute Gasteiger partial charge is 0.493 e. The van der Waals surface area contributed by atoms with Crippen LogP contribution in [0.3, 0.4) is 0 Å². The van der Waals surface area contributed by atoms with Crippen molar-refractivity contribution in [3.05, 3.63) is 29.3 Å². The highest BCUT2D eigenvalue weighted by molar-refractivity contribution is 5.94. The topological polar surface area (TPSA) is 44.8 Å². The number of carbonyl (C=O) groups excluding carboxylic acids is 1. The van der Waals surface area contributed by atoms with Crippen LogP contribution in [0.15, 0.2) is 23.8 Å². The van der Waals surface area contributed by atoms with Gasteiger partial charge in [0.05, 0.1) is 19.8 Å². The first-order valence-corrected chi connectivity index (χ1v) is 7.52. The number of ether oxygens (including phenoxy) is 3. The van der Waals surface area contributed by atoms with Gasteiger partial charge in [-0.25, -0.2) is 4.79 Å². The third-order valence-corrected chi connectivity index (χ3v) is 3.25. The van der Waals surface area contributed by atoms with E-state index < -0.39 is 0 Å². The normalized spacial score (nSPS) is 13.5. The van der Waals surface area contributed by atoms with Crippen molar-refractivity contribution in [3.63, 3.8) is 0 Å². The summed E-state index contributed by atoms with van der Waals surface area (Å²) in [6, 6.07) is 5.71. The SMILES string of the molecule is CCCCOc1ccc2c(c1)OCCC(C(=O)OCC)=C2. The molecule has 0 amide bonds. The van der Waals surface area contributed by atoms with E-state index >= 15 is 0 Å². The number of fused-ring (bicyclic) bond motifs is 1. The summed E-state index contributed by atoms with van der Waals surface area (Å²) in [5, 5.41) is 0. The smallest absolute Gasteiger partial charge is 0.334 e. The van der Waals surface area contributed by atoms with Crippen LogP contribution in [0, 0.1) is 0 Å². The maximum absolute atomic E-state index is 11.8. The van der Waals surface area contributed by atoms with Gasteiger partial charge in [0.2, 0.25) is 0 Å². The summed E-state index contributed by atoms with van der Waals surface area (Å²) in [5.74, 6) is 1.29. The fourth-order valence-corrected chi connectivity index (χ4v) is 2.10. The molecule has 0 unspecified atom stereocenters. The average Bonchev–Trinajstić information content (AvgIpc) is 2.69. The molecular weight excluding hydrogens is 268 g/mol. The molecule has 2 rings (SSSR count). The minimum atomic E-state index is -0.266. The summed E-state index contributed by atoms with van der Waals surface area (Å²) < 4.78 is 16.4. The van der Waals surface area contributed by atoms with Gasteiger partial charge in [-0.2, -0.15) is 0 Å². The lowest BCUT2D eigenvalue weighted by Gasteiger charge is -2.10. The van der Waals surface area contributed by atoms with Crippen LogP contribution in [0.4, 0.5) is 0 Å². The Hall–Kier alpha value is -1.97. The van der Waals surface area contributed by atoms with Gasteiger partial charge in [0.25, 0.3) is 0 Å². The molecule has 0 spiro atoms. The summed E-state index contributed by atoms with van der Waals surface area (Å²) in [5.41, 5.74) is 1.54. The third kappa shape index (κ3) is 4.25. The number of unbranched alkanes of at least 4 members (excludes halogenated alkanes) is 1. The Morgan fingerprint density at radius 3 is 2.95 bits per heavy atom. The Labute approximate surface area is 125 Å². The van der Waals surface area contributed by atoms with Crippen molar-refractivity contribution in [3.8, 4) is 11.5 Å². The van der Waals surface area contributed by atoms with E-state index in [1.165, 1.54) is 0 Å². The number of rotatable bonds is 6. The van der Waals surface area contributed by atoms with E-state index in [2.05, 4.69) is 6.92 Å². The number of hydrogen-bond donors (Lipinski definition) is 0. The summed E-state index contributed by atoms with van der Waals surface area (Å²) in [7, 11) is 0. The molecule has 0 fully saturated rings. The summed E-state index contributed by atoms with van der Waals surface area (Å²) in [4.78, 5) is 11.8. The fourth-order valence-electron chi connectivity index (χ4n) is 2.10. The molecule has 0 saturated carbocycles. The molecule has 0 bridgehead atoms. The minimum Gasteiger partial charge on any atom is -0.493 e. The zero-order valence-electron chi connectivity index (χ0n) is 12.7. The summed E-state index contributed by atoms with van der Waals surface area (Å²) in [6.45, 7) is 5.49. The molecule has 1 heterocycles. The molecule has 0 N–H and O–H groups in total. The van der Waals surface area contributed by atoms with E-state index in [0.717, 1.165) is 29.9 Å². The Kier molecular flexibility index (Phi) is 5.67. The van der Waals surface area contributed by atoms with Gasteiger partial charge in [-0.3, -0.25) is 0 Å². The summed E-state index contributed by atoms with van der Waals surface area (Å²) in [6.07, 6.45) is 4.54. The lowest BCUT2D eigenvalue weighted by atomic mass is 10.1. The van der Waals surface area contributed by atoms with E-state index in [-0.39, 0.29) is 5.97 Å². The number of benzene rings is 1. The van der Waals surface area contributed by atoms with E-state index in [4.69, 9.17) is 14.2 Å². The van der Waals surface area contributed by atoms with Gasteiger partial charge in [0.1, 0.15) is 11.5 Å². The highest BCUT2D eigenvalue weighted by Crippen LogP contribution is 2.30. The van der Waals surface area contributed by atoms with Crippen LogP contribution < -0.4 is 9.47 Å². The van der Waals surface area contributed by atoms with Crippen LogP contribution in [-0.4, -0.2) is 25.8 Å². The van der Waals surface area contributed by atoms with E-state index in [1.54, 1.807) is 6.92 Å². The lowest BCUT2D eigenvalue weighted by Crippen LogP contribution is -2.09. The zero-order valence-corrected chi connectivity index (χ0v) is 12.7. The first kappa shape index (κ1) is 15.4. The Morgan fingerprint density at radius 1 is 1.33 bits per heavy atom. The van der Waals surface area contributed by atoms with E-state index in [9.17, 15) is 4.79 Å². The molecule has 1 aromatic carbocycles. The van der Waals surface area contributed by atoms with Gasteiger partial charge in [-0.15, -0.1) is 0 Å². The van der Waals surface area contributed by atoms with Crippen molar-refractivity contribution >= 4 is 12.0 Å². The number of hydrogen-bond acceptors (Lipinski definition) is 4. The minimum absolute atomic E-state index is 0.266. The van der Waals surface area contributed by atoms with Gasteiger partial charge >= 0.3 is 5.97 Å². The Morgan fingerprint density at radius 2 is 2.19 bits per heavy atom. The van der Waals surface area contributed by atoms with E-state index in [1.807, 2.05) is 24.3 Å². The van der Waals surface area contributed by atoms with Gasteiger partial charge < -0.3 is 14.2 Å². The van der Waals surface area contributed by atoms with Crippen molar-refractivity contribution in [2.75, 3.05) is 19.8 Å². The quantitative estimate of drug-likeness (QED) is 0.593. The molecular formula is C17H22O4. The Bertz CT molecular complexity index is 520. The second-order valence-corrected chi connectivity index (χ2v) is 4.89. The molecule has 21 heavy (non-hydrogen) atoms. The van der Waals surface area contributed by atoms with Gasteiger partial charge in [0.15, 0.2) is 0 Å². The maximum atomic E-state index is 11.8. The zero-order chi connectivity index (χ0) is 15.1. The molecule has 1 aliphatic rings. The molecule has 0 radical (unpaired) electrons. The number of esters is 1. The third-order valence-electron chi connectivity index (χ3n) is 3.25. The molecule has 114 valence electrons. The van der Waals surface area contributed by atoms with Crippen LogP contribution in [0.1, 0.15) is 38.7 Å². The van der Waals surface area contributed by atoms with Crippen LogP contribution in [0.2, 0.25) is 0 Å². The summed E-state index contributed by atoms with van der Waals surface area (Å²) >= 11 is 0. The van der Waals surface area contributed by atoms with Crippen molar-refractivity contribution in [1.82, 2.24) is 0 Å². The predicted molar refractivity (Wildman–Crippen MR) is 81.6 cm³/mol. The Balaban J connectivity index is 2.14. The molecule has 0 aliphatic carbocycles. The van der Waals surface area contributed by atoms with Crippen LogP contribution in [-0.2, 0) is 9.53 Å². The van der Waals surface area contributed by atoms with Crippen molar-refractivity contribution in [2.24, 2.45) is 0 Å². The first-order chi connectivity index (χ1) is 10.2. The molecule has 1 aliphatic heterocycles. The van der Waals surface area contributed by atoms with Gasteiger partial charge in [-0.05, 0) is 31.6 Å². The van der Waals surface area contributed by atoms with Crippen LogP contribution >= 0.6 is 0 Å². The van der Waals surface area contributed by atoms with Gasteiger partial charge in [0, 0.05) is 23.6 Å². The van der Waals surface area contributed by atoms with Crippen molar-refractivity contribution < 1.29 is 19.0 Å². The van der Waals surface area contributed by atoms with Crippen LogP contribution in [0.5, 0.6) is 11.5 Å². The second-order valence-electron chi connectivity index (χ2n) is 4.89. The molecule has 4 heteroatoms.